The van der Waals surface area contributed by atoms with Gasteiger partial charge in [-0.15, -0.1) is 11.6 Å². The van der Waals surface area contributed by atoms with E-state index in [4.69, 9.17) is 23.2 Å². The topological polar surface area (TPSA) is 3.24 Å². The molecule has 1 saturated heterocycles. The minimum absolute atomic E-state index is 0.680. The van der Waals surface area contributed by atoms with Crippen LogP contribution in [-0.2, 0) is 0 Å². The van der Waals surface area contributed by atoms with Crippen molar-refractivity contribution < 1.29 is 0 Å². The number of hydrogen-bond acceptors (Lipinski definition) is 1. The minimum atomic E-state index is 0.680. The highest BCUT2D eigenvalue weighted by Crippen LogP contribution is 2.19. The van der Waals surface area contributed by atoms with Crippen LogP contribution in [0.3, 0.4) is 0 Å². The number of hydrogen-bond donors (Lipinski definition) is 0. The van der Waals surface area contributed by atoms with Gasteiger partial charge < -0.3 is 0 Å². The zero-order chi connectivity index (χ0) is 9.52. The summed E-state index contributed by atoms with van der Waals surface area (Å²) >= 11 is 11.3. The Morgan fingerprint density at radius 1 is 1.38 bits per heavy atom. The Labute approximate surface area is 90.7 Å². The number of nitrogens with zero attached hydrogens (tertiary/aromatic N) is 1. The van der Waals surface area contributed by atoms with Gasteiger partial charge in [0.1, 0.15) is 0 Å². The number of piperidine rings is 1. The average Bonchev–Trinajstić information content (AvgIpc) is 2.17. The highest BCUT2D eigenvalue weighted by Gasteiger charge is 2.20. The van der Waals surface area contributed by atoms with E-state index in [9.17, 15) is 0 Å². The Bertz CT molecular complexity index is 157. The van der Waals surface area contributed by atoms with Crippen molar-refractivity contribution >= 4 is 23.2 Å². The summed E-state index contributed by atoms with van der Waals surface area (Å²) in [4.78, 5) is 2.48. The molecule has 3 heteroatoms. The van der Waals surface area contributed by atoms with E-state index in [2.05, 4.69) is 4.90 Å². The first-order valence-corrected chi connectivity index (χ1v) is 5.91. The van der Waals surface area contributed by atoms with Crippen molar-refractivity contribution in [3.05, 3.63) is 11.6 Å². The van der Waals surface area contributed by atoms with Gasteiger partial charge >= 0.3 is 0 Å². The van der Waals surface area contributed by atoms with E-state index in [0.717, 1.165) is 18.8 Å². The van der Waals surface area contributed by atoms with E-state index in [1.807, 2.05) is 6.08 Å². The molecule has 1 rings (SSSR count). The van der Waals surface area contributed by atoms with Crippen LogP contribution in [0.1, 0.15) is 25.7 Å². The van der Waals surface area contributed by atoms with Gasteiger partial charge in [0.25, 0.3) is 0 Å². The average molecular weight is 222 g/mol. The van der Waals surface area contributed by atoms with Gasteiger partial charge in [-0.1, -0.05) is 24.1 Å². The van der Waals surface area contributed by atoms with Crippen molar-refractivity contribution in [1.82, 2.24) is 4.90 Å². The molecule has 1 aliphatic rings. The van der Waals surface area contributed by atoms with E-state index in [1.54, 1.807) is 5.54 Å². The first-order valence-electron chi connectivity index (χ1n) is 4.93. The fourth-order valence-electron chi connectivity index (χ4n) is 1.93. The zero-order valence-corrected chi connectivity index (χ0v) is 9.40. The van der Waals surface area contributed by atoms with Gasteiger partial charge in [0.15, 0.2) is 0 Å². The molecule has 0 aliphatic carbocycles. The molecular formula is C10H17Cl2N. The predicted octanol–water partition coefficient (Wildman–Crippen LogP) is 3.22. The lowest BCUT2D eigenvalue weighted by Crippen LogP contribution is -2.39. The molecule has 13 heavy (non-hydrogen) atoms. The molecule has 0 bridgehead atoms. The van der Waals surface area contributed by atoms with E-state index >= 15 is 0 Å². The largest absolute Gasteiger partial charge is 0.297 e. The van der Waals surface area contributed by atoms with Crippen LogP contribution in [0.15, 0.2) is 11.6 Å². The van der Waals surface area contributed by atoms with Crippen LogP contribution < -0.4 is 0 Å². The van der Waals surface area contributed by atoms with Crippen LogP contribution in [0.25, 0.3) is 0 Å². The predicted molar refractivity (Wildman–Crippen MR) is 59.5 cm³/mol. The van der Waals surface area contributed by atoms with Crippen LogP contribution in [0.2, 0.25) is 0 Å². The molecule has 1 atom stereocenters. The van der Waals surface area contributed by atoms with Gasteiger partial charge in [-0.25, -0.2) is 0 Å². The summed E-state index contributed by atoms with van der Waals surface area (Å²) in [5.41, 5.74) is 1.60. The van der Waals surface area contributed by atoms with Gasteiger partial charge in [-0.2, -0.15) is 0 Å². The van der Waals surface area contributed by atoms with E-state index in [0.29, 0.717) is 6.04 Å². The van der Waals surface area contributed by atoms with Crippen molar-refractivity contribution in [3.8, 4) is 0 Å². The molecule has 0 saturated carbocycles. The molecule has 0 spiro atoms. The summed E-state index contributed by atoms with van der Waals surface area (Å²) < 4.78 is 0. The van der Waals surface area contributed by atoms with Gasteiger partial charge in [-0.3, -0.25) is 4.90 Å². The Hall–Kier alpha value is 0.280. The smallest absolute Gasteiger partial charge is 0.0238 e. The maximum atomic E-state index is 5.76. The maximum absolute atomic E-state index is 5.76. The highest BCUT2D eigenvalue weighted by molar-refractivity contribution is 6.25. The summed E-state index contributed by atoms with van der Waals surface area (Å²) in [7, 11) is 0. The Kier molecular flexibility index (Phi) is 5.85. The fourth-order valence-corrected chi connectivity index (χ4v) is 2.26. The SMILES string of the molecule is Cl/C=C/CN1CCCCC1CCCl. The lowest BCUT2D eigenvalue weighted by atomic mass is 10.0. The van der Waals surface area contributed by atoms with Gasteiger partial charge in [-0.05, 0) is 25.8 Å². The number of halogens is 2. The molecule has 0 aromatic rings. The lowest BCUT2D eigenvalue weighted by Gasteiger charge is -2.34. The van der Waals surface area contributed by atoms with Gasteiger partial charge in [0, 0.05) is 24.0 Å². The molecule has 1 heterocycles. The van der Waals surface area contributed by atoms with E-state index < -0.39 is 0 Å². The van der Waals surface area contributed by atoms with Crippen molar-refractivity contribution in [2.45, 2.75) is 31.7 Å². The molecule has 0 aromatic carbocycles. The molecule has 1 nitrogen and oxygen atoms in total. The molecular weight excluding hydrogens is 205 g/mol. The van der Waals surface area contributed by atoms with Crippen molar-refractivity contribution in [3.63, 3.8) is 0 Å². The normalized spacial score (nSPS) is 25.5. The summed E-state index contributed by atoms with van der Waals surface area (Å²) in [6, 6.07) is 0.680. The second kappa shape index (κ2) is 6.69. The van der Waals surface area contributed by atoms with Crippen LogP contribution in [0.4, 0.5) is 0 Å². The van der Waals surface area contributed by atoms with Gasteiger partial charge in [0.2, 0.25) is 0 Å². The number of rotatable bonds is 4. The van der Waals surface area contributed by atoms with E-state index in [-0.39, 0.29) is 0 Å². The maximum Gasteiger partial charge on any atom is 0.0238 e. The highest BCUT2D eigenvalue weighted by atomic mass is 35.5. The number of alkyl halides is 1. The van der Waals surface area contributed by atoms with Crippen LogP contribution in [-0.4, -0.2) is 29.9 Å². The monoisotopic (exact) mass is 221 g/mol. The van der Waals surface area contributed by atoms with Crippen LogP contribution in [0.5, 0.6) is 0 Å². The molecule has 0 aromatic heterocycles. The first kappa shape index (κ1) is 11.4. The second-order valence-corrected chi connectivity index (χ2v) is 4.11. The lowest BCUT2D eigenvalue weighted by molar-refractivity contribution is 0.161. The third kappa shape index (κ3) is 3.88. The molecule has 0 amide bonds. The van der Waals surface area contributed by atoms with Crippen molar-refractivity contribution in [1.29, 1.82) is 0 Å². The van der Waals surface area contributed by atoms with E-state index in [1.165, 1.54) is 25.8 Å². The summed E-state index contributed by atoms with van der Waals surface area (Å²) in [5.74, 6) is 0.770. The Morgan fingerprint density at radius 3 is 2.92 bits per heavy atom. The number of likely N-dealkylation sites (tertiary alicyclic amines) is 1. The molecule has 1 fully saturated rings. The summed E-state index contributed by atoms with van der Waals surface area (Å²) in [5, 5.41) is 0. The molecule has 76 valence electrons. The molecule has 0 radical (unpaired) electrons. The summed E-state index contributed by atoms with van der Waals surface area (Å²) in [6.07, 6.45) is 7.08. The van der Waals surface area contributed by atoms with Gasteiger partial charge in [0.05, 0.1) is 0 Å². The Morgan fingerprint density at radius 2 is 2.23 bits per heavy atom. The molecule has 0 N–H and O–H groups in total. The fraction of sp³-hybridized carbons (Fsp3) is 0.800. The third-order valence-electron chi connectivity index (χ3n) is 2.62. The van der Waals surface area contributed by atoms with Crippen molar-refractivity contribution in [2.75, 3.05) is 19.0 Å². The van der Waals surface area contributed by atoms with Crippen LogP contribution >= 0.6 is 23.2 Å². The van der Waals surface area contributed by atoms with Crippen molar-refractivity contribution in [2.24, 2.45) is 0 Å². The second-order valence-electron chi connectivity index (χ2n) is 3.48. The third-order valence-corrected chi connectivity index (χ3v) is 3.02. The minimum Gasteiger partial charge on any atom is -0.297 e. The van der Waals surface area contributed by atoms with Crippen LogP contribution in [0, 0.1) is 0 Å². The summed E-state index contributed by atoms with van der Waals surface area (Å²) in [6.45, 7) is 2.17. The quantitative estimate of drug-likeness (QED) is 0.660. The molecule has 1 unspecified atom stereocenters. The first-order chi connectivity index (χ1) is 6.38. The standard InChI is InChI=1S/C10H17Cl2N/c11-6-3-9-13-8-2-1-4-10(13)5-7-12/h3,6,10H,1-2,4-5,7-9H2/b6-3+. The molecule has 1 aliphatic heterocycles. The zero-order valence-electron chi connectivity index (χ0n) is 7.88. The Balaban J connectivity index is 2.36.